The lowest BCUT2D eigenvalue weighted by molar-refractivity contribution is -0.978. The first kappa shape index (κ1) is 8.92. The van der Waals surface area contributed by atoms with E-state index in [0.717, 1.165) is 6.67 Å². The molecule has 0 fully saturated rings. The topological polar surface area (TPSA) is 27.6 Å². The molecule has 2 nitrogen and oxygen atoms in total. The third kappa shape index (κ3) is 1.95. The minimum atomic E-state index is 1.03. The molecule has 0 rings (SSSR count). The van der Waals surface area contributed by atoms with Gasteiger partial charge in [-0.25, -0.2) is 0 Å². The zero-order valence-electron chi connectivity index (χ0n) is 6.98. The minimum absolute atomic E-state index is 1.03. The van der Waals surface area contributed by atoms with Crippen molar-refractivity contribution in [2.75, 3.05) is 26.3 Å². The van der Waals surface area contributed by atoms with Gasteiger partial charge in [-0.2, -0.15) is 0 Å². The second-order valence-corrected chi connectivity index (χ2v) is 2.51. The highest BCUT2D eigenvalue weighted by Crippen LogP contribution is 1.99. The summed E-state index contributed by atoms with van der Waals surface area (Å²) in [6.07, 6.45) is 0. The molecule has 0 saturated heterocycles. The van der Waals surface area contributed by atoms with Crippen molar-refractivity contribution in [3.63, 3.8) is 0 Å². The second kappa shape index (κ2) is 3.85. The average molecular weight is 132 g/mol. The normalized spacial score (nSPS) is 12.0. The van der Waals surface area contributed by atoms with Crippen molar-refractivity contribution in [2.24, 2.45) is 0 Å². The van der Waals surface area contributed by atoms with Crippen LogP contribution < -0.4 is 5.73 Å². The predicted molar refractivity (Wildman–Crippen MR) is 39.6 cm³/mol. The highest BCUT2D eigenvalue weighted by molar-refractivity contribution is 4.26. The van der Waals surface area contributed by atoms with Crippen molar-refractivity contribution in [2.45, 2.75) is 20.8 Å². The summed E-state index contributed by atoms with van der Waals surface area (Å²) in [5.41, 5.74) is 3.94. The van der Waals surface area contributed by atoms with Crippen LogP contribution in [-0.4, -0.2) is 30.8 Å². The molecule has 0 spiro atoms. The Balaban J connectivity index is 3.82. The highest BCUT2D eigenvalue weighted by Gasteiger charge is 2.18. The molecule has 0 saturated carbocycles. The summed E-state index contributed by atoms with van der Waals surface area (Å²) in [6.45, 7) is 11.4. The SMILES string of the molecule is CC[N+](CC)(CC)C[NH3+]. The summed E-state index contributed by atoms with van der Waals surface area (Å²) in [5, 5.41) is 0. The lowest BCUT2D eigenvalue weighted by Gasteiger charge is -2.31. The van der Waals surface area contributed by atoms with E-state index in [1.165, 1.54) is 24.1 Å². The van der Waals surface area contributed by atoms with Gasteiger partial charge in [0.05, 0.1) is 19.6 Å². The molecule has 0 aliphatic rings. The van der Waals surface area contributed by atoms with E-state index in [0.29, 0.717) is 0 Å². The minimum Gasteiger partial charge on any atom is -0.311 e. The monoisotopic (exact) mass is 132 g/mol. The van der Waals surface area contributed by atoms with Crippen molar-refractivity contribution in [1.82, 2.24) is 0 Å². The van der Waals surface area contributed by atoms with Crippen molar-refractivity contribution in [3.8, 4) is 0 Å². The van der Waals surface area contributed by atoms with Gasteiger partial charge in [-0.15, -0.1) is 0 Å². The maximum absolute atomic E-state index is 3.94. The van der Waals surface area contributed by atoms with Gasteiger partial charge >= 0.3 is 0 Å². The molecule has 0 aliphatic heterocycles. The maximum atomic E-state index is 3.94. The summed E-state index contributed by atoms with van der Waals surface area (Å²) in [4.78, 5) is 0. The van der Waals surface area contributed by atoms with Gasteiger partial charge in [0.2, 0.25) is 6.67 Å². The fraction of sp³-hybridized carbons (Fsp3) is 1.00. The molecule has 0 radical (unpaired) electrons. The molecule has 0 aromatic carbocycles. The number of rotatable bonds is 4. The molecule has 2 heteroatoms. The predicted octanol–water partition coefficient (Wildman–Crippen LogP) is 0.0623. The number of hydrogen-bond acceptors (Lipinski definition) is 0. The van der Waals surface area contributed by atoms with Crippen molar-refractivity contribution in [1.29, 1.82) is 0 Å². The van der Waals surface area contributed by atoms with Gasteiger partial charge in [0.25, 0.3) is 0 Å². The summed E-state index contributed by atoms with van der Waals surface area (Å²) in [5.74, 6) is 0. The molecular weight excluding hydrogens is 112 g/mol. The molecule has 9 heavy (non-hydrogen) atoms. The summed E-state index contributed by atoms with van der Waals surface area (Å²) >= 11 is 0. The molecule has 0 amide bonds. The average Bonchev–Trinajstić information content (AvgIpc) is 1.95. The van der Waals surface area contributed by atoms with Gasteiger partial charge in [-0.1, -0.05) is 0 Å². The largest absolute Gasteiger partial charge is 0.311 e. The van der Waals surface area contributed by atoms with Crippen LogP contribution in [0.2, 0.25) is 0 Å². The van der Waals surface area contributed by atoms with Crippen molar-refractivity contribution < 1.29 is 10.2 Å². The Labute approximate surface area is 58.2 Å². The standard InChI is InChI=1S/C7H19N2/c1-4-9(5-2,6-3)7-8/h4-8H2,1-3H3/q+1/p+1. The highest BCUT2D eigenvalue weighted by atomic mass is 15.4. The van der Waals surface area contributed by atoms with Crippen LogP contribution in [0.4, 0.5) is 0 Å². The van der Waals surface area contributed by atoms with Gasteiger partial charge in [0.15, 0.2) is 0 Å². The molecule has 0 aromatic heterocycles. The zero-order chi connectivity index (χ0) is 7.33. The number of hydrogen-bond donors (Lipinski definition) is 1. The molecule has 0 heterocycles. The first-order valence-electron chi connectivity index (χ1n) is 3.89. The molecular formula is C7H20N2+2. The van der Waals surface area contributed by atoms with Crippen LogP contribution in [0.15, 0.2) is 0 Å². The summed E-state index contributed by atoms with van der Waals surface area (Å²) < 4.78 is 1.17. The van der Waals surface area contributed by atoms with Crippen molar-refractivity contribution >= 4 is 0 Å². The number of nitrogens with zero attached hydrogens (tertiary/aromatic N) is 1. The number of quaternary nitrogens is 2. The lowest BCUT2D eigenvalue weighted by Crippen LogP contribution is -2.67. The Morgan fingerprint density at radius 1 is 1.00 bits per heavy atom. The van der Waals surface area contributed by atoms with Crippen LogP contribution in [-0.2, 0) is 0 Å². The summed E-state index contributed by atoms with van der Waals surface area (Å²) in [6, 6.07) is 0. The third-order valence-corrected chi connectivity index (χ3v) is 2.49. The van der Waals surface area contributed by atoms with Crippen LogP contribution in [0.1, 0.15) is 20.8 Å². The maximum Gasteiger partial charge on any atom is 0.202 e. The first-order valence-corrected chi connectivity index (χ1v) is 3.89. The fourth-order valence-corrected chi connectivity index (χ4v) is 1.15. The van der Waals surface area contributed by atoms with Crippen LogP contribution in [0.25, 0.3) is 0 Å². The molecule has 0 unspecified atom stereocenters. The van der Waals surface area contributed by atoms with Crippen LogP contribution in [0, 0.1) is 0 Å². The quantitative estimate of drug-likeness (QED) is 0.414. The van der Waals surface area contributed by atoms with Crippen LogP contribution >= 0.6 is 0 Å². The molecule has 0 atom stereocenters. The van der Waals surface area contributed by atoms with Gasteiger partial charge in [-0.05, 0) is 20.8 Å². The van der Waals surface area contributed by atoms with Gasteiger partial charge in [-0.3, -0.25) is 4.48 Å². The lowest BCUT2D eigenvalue weighted by atomic mass is 10.4. The molecule has 3 N–H and O–H groups in total. The Hall–Kier alpha value is -0.0800. The van der Waals surface area contributed by atoms with Gasteiger partial charge in [0, 0.05) is 0 Å². The first-order chi connectivity index (χ1) is 4.24. The zero-order valence-corrected chi connectivity index (χ0v) is 6.98. The smallest absolute Gasteiger partial charge is 0.202 e. The Bertz CT molecular complexity index is 49.8. The van der Waals surface area contributed by atoms with Gasteiger partial charge in [0.1, 0.15) is 0 Å². The van der Waals surface area contributed by atoms with E-state index < -0.39 is 0 Å². The van der Waals surface area contributed by atoms with Crippen LogP contribution in [0.5, 0.6) is 0 Å². The molecule has 0 aliphatic carbocycles. The van der Waals surface area contributed by atoms with E-state index in [9.17, 15) is 0 Å². The van der Waals surface area contributed by atoms with Crippen molar-refractivity contribution in [3.05, 3.63) is 0 Å². The molecule has 0 bridgehead atoms. The van der Waals surface area contributed by atoms with E-state index in [1.54, 1.807) is 0 Å². The fourth-order valence-electron chi connectivity index (χ4n) is 1.15. The van der Waals surface area contributed by atoms with Crippen LogP contribution in [0.3, 0.4) is 0 Å². The summed E-state index contributed by atoms with van der Waals surface area (Å²) in [7, 11) is 0. The molecule has 0 aromatic rings. The second-order valence-electron chi connectivity index (χ2n) is 2.51. The van der Waals surface area contributed by atoms with E-state index in [4.69, 9.17) is 0 Å². The molecule has 56 valence electrons. The van der Waals surface area contributed by atoms with Gasteiger partial charge < -0.3 is 5.73 Å². The van der Waals surface area contributed by atoms with E-state index >= 15 is 0 Å². The Morgan fingerprint density at radius 2 is 1.33 bits per heavy atom. The van der Waals surface area contributed by atoms with E-state index in [1.807, 2.05) is 0 Å². The third-order valence-electron chi connectivity index (χ3n) is 2.49. The van der Waals surface area contributed by atoms with E-state index in [2.05, 4.69) is 26.5 Å². The van der Waals surface area contributed by atoms with E-state index in [-0.39, 0.29) is 0 Å². The Kier molecular flexibility index (Phi) is 3.82. The Morgan fingerprint density at radius 3 is 1.33 bits per heavy atom.